The summed E-state index contributed by atoms with van der Waals surface area (Å²) in [6.45, 7) is 2.00. The van der Waals surface area contributed by atoms with Crippen LogP contribution in [0.2, 0.25) is 0 Å². The summed E-state index contributed by atoms with van der Waals surface area (Å²) in [5.41, 5.74) is 25.6. The van der Waals surface area contributed by atoms with Gasteiger partial charge in [0.1, 0.15) is 0 Å². The van der Waals surface area contributed by atoms with Crippen molar-refractivity contribution in [3.05, 3.63) is 78.9 Å². The lowest BCUT2D eigenvalue weighted by Gasteiger charge is -2.06. The fourth-order valence-corrected chi connectivity index (χ4v) is 2.09. The fourth-order valence-electron chi connectivity index (χ4n) is 2.09. The Morgan fingerprint density at radius 1 is 0.815 bits per heavy atom. The lowest BCUT2D eigenvalue weighted by atomic mass is 10.2. The summed E-state index contributed by atoms with van der Waals surface area (Å²) in [4.78, 5) is 10.2. The van der Waals surface area contributed by atoms with Crippen molar-refractivity contribution < 1.29 is 0 Å². The molecule has 0 aliphatic heterocycles. The van der Waals surface area contributed by atoms with Crippen LogP contribution in [-0.2, 0) is 0 Å². The Morgan fingerprint density at radius 2 is 1.48 bits per heavy atom. The van der Waals surface area contributed by atoms with E-state index in [0.717, 1.165) is 16.9 Å². The average Bonchev–Trinajstić information content (AvgIpc) is 3.30. The van der Waals surface area contributed by atoms with Crippen molar-refractivity contribution in [1.29, 1.82) is 0 Å². The van der Waals surface area contributed by atoms with Gasteiger partial charge >= 0.3 is 0 Å². The van der Waals surface area contributed by atoms with E-state index in [0.29, 0.717) is 17.6 Å². The molecule has 8 nitrogen and oxygen atoms in total. The number of hydrogen-bond acceptors (Lipinski definition) is 6. The number of imidazole rings is 2. The third-order valence-electron chi connectivity index (χ3n) is 3.57. The van der Waals surface area contributed by atoms with Crippen molar-refractivity contribution in [3.8, 4) is 5.69 Å². The number of nitrogens with one attached hydrogen (secondary N) is 1. The van der Waals surface area contributed by atoms with Gasteiger partial charge in [-0.1, -0.05) is 30.3 Å². The highest BCUT2D eigenvalue weighted by Gasteiger charge is 2.02. The molecule has 0 saturated heterocycles. The van der Waals surface area contributed by atoms with Crippen LogP contribution in [0.5, 0.6) is 0 Å². The summed E-state index contributed by atoms with van der Waals surface area (Å²) in [5.74, 6) is 0.910. The molecule has 4 rings (SSSR count). The Labute approximate surface area is 157 Å². The van der Waals surface area contributed by atoms with Crippen LogP contribution >= 0.6 is 0 Å². The first-order valence-electron chi connectivity index (χ1n) is 8.18. The normalized spacial score (nSPS) is 9.52. The highest BCUT2D eigenvalue weighted by Crippen LogP contribution is 2.18. The summed E-state index contributed by atoms with van der Waals surface area (Å²) in [6.07, 6.45) is 6.70. The van der Waals surface area contributed by atoms with Crippen molar-refractivity contribution in [2.24, 2.45) is 0 Å². The Bertz CT molecular complexity index is 923. The fraction of sp³-hybridized carbons (Fsp3) is 0.0526. The minimum atomic E-state index is 0.443. The number of aryl methyl sites for hydroxylation is 1. The molecule has 0 fully saturated rings. The molecule has 0 aliphatic rings. The van der Waals surface area contributed by atoms with Crippen LogP contribution in [0.25, 0.3) is 5.69 Å². The molecule has 8 heteroatoms. The highest BCUT2D eigenvalue weighted by molar-refractivity contribution is 5.59. The number of aromatic amines is 1. The number of aromatic nitrogens is 4. The third kappa shape index (κ3) is 5.82. The molecule has 0 aliphatic carbocycles. The van der Waals surface area contributed by atoms with E-state index in [-0.39, 0.29) is 0 Å². The number of hydrogen-bond donors (Lipinski definition) is 5. The lowest BCUT2D eigenvalue weighted by molar-refractivity contribution is 1.08. The molecule has 2 aromatic carbocycles. The van der Waals surface area contributed by atoms with Crippen LogP contribution < -0.4 is 22.9 Å². The van der Waals surface area contributed by atoms with Gasteiger partial charge in [-0.3, -0.25) is 4.57 Å². The summed E-state index contributed by atoms with van der Waals surface area (Å²) < 4.78 is 1.75. The van der Waals surface area contributed by atoms with Crippen LogP contribution in [0.3, 0.4) is 0 Å². The van der Waals surface area contributed by atoms with Gasteiger partial charge in [0.15, 0.2) is 5.95 Å². The summed E-state index contributed by atoms with van der Waals surface area (Å²) in [7, 11) is 0. The van der Waals surface area contributed by atoms with E-state index < -0.39 is 0 Å². The molecule has 0 amide bonds. The van der Waals surface area contributed by atoms with Gasteiger partial charge in [0.25, 0.3) is 0 Å². The molecule has 0 atom stereocenters. The lowest BCUT2D eigenvalue weighted by Crippen LogP contribution is -2.02. The monoisotopic (exact) mass is 364 g/mol. The molecule has 0 saturated carbocycles. The van der Waals surface area contributed by atoms with Crippen molar-refractivity contribution in [2.75, 3.05) is 22.9 Å². The number of rotatable bonds is 1. The van der Waals surface area contributed by atoms with Gasteiger partial charge in [-0.25, -0.2) is 9.97 Å². The van der Waals surface area contributed by atoms with Crippen molar-refractivity contribution >= 4 is 23.3 Å². The molecule has 0 spiro atoms. The molecule has 4 aromatic rings. The maximum atomic E-state index is 5.78. The second-order valence-corrected chi connectivity index (χ2v) is 5.55. The van der Waals surface area contributed by atoms with Crippen LogP contribution in [0.15, 0.2) is 73.3 Å². The molecule has 9 N–H and O–H groups in total. The number of para-hydroxylation sites is 3. The summed E-state index contributed by atoms with van der Waals surface area (Å²) in [5, 5.41) is 0. The first-order chi connectivity index (χ1) is 13.0. The molecule has 2 heterocycles. The van der Waals surface area contributed by atoms with Gasteiger partial charge in [-0.2, -0.15) is 0 Å². The van der Waals surface area contributed by atoms with Gasteiger partial charge in [0.05, 0.1) is 11.4 Å². The predicted molar refractivity (Wildman–Crippen MR) is 111 cm³/mol. The van der Waals surface area contributed by atoms with E-state index in [1.54, 1.807) is 29.4 Å². The van der Waals surface area contributed by atoms with Crippen LogP contribution in [0, 0.1) is 6.92 Å². The largest absolute Gasteiger partial charge is 0.399 e. The minimum Gasteiger partial charge on any atom is -0.399 e. The highest BCUT2D eigenvalue weighted by atomic mass is 15.1. The molecule has 0 radical (unpaired) electrons. The smallest absolute Gasteiger partial charge is 0.204 e. The maximum absolute atomic E-state index is 5.78. The third-order valence-corrected chi connectivity index (χ3v) is 3.57. The Morgan fingerprint density at radius 3 is 1.89 bits per heavy atom. The molecular weight excluding hydrogens is 340 g/mol. The van der Waals surface area contributed by atoms with Crippen molar-refractivity contribution in [1.82, 2.24) is 19.5 Å². The summed E-state index contributed by atoms with van der Waals surface area (Å²) >= 11 is 0. The van der Waals surface area contributed by atoms with Crippen LogP contribution in [0.4, 0.5) is 23.3 Å². The quantitative estimate of drug-likeness (QED) is 0.327. The first-order valence-corrected chi connectivity index (χ1v) is 8.18. The van der Waals surface area contributed by atoms with E-state index in [1.165, 1.54) is 0 Å². The zero-order valence-electron chi connectivity index (χ0n) is 15.1. The second-order valence-electron chi connectivity index (χ2n) is 5.55. The molecule has 27 heavy (non-hydrogen) atoms. The van der Waals surface area contributed by atoms with Crippen molar-refractivity contribution in [2.45, 2.75) is 6.92 Å². The zero-order chi connectivity index (χ0) is 19.6. The number of benzene rings is 2. The number of nitrogens with two attached hydrogens (primary N) is 4. The molecule has 140 valence electrons. The minimum absolute atomic E-state index is 0.443. The number of nitrogen functional groups attached to an aromatic ring is 4. The summed E-state index contributed by atoms with van der Waals surface area (Å²) in [6, 6.07) is 15.3. The predicted octanol–water partition coefficient (Wildman–Crippen LogP) is 2.61. The maximum Gasteiger partial charge on any atom is 0.204 e. The standard InChI is InChI=1S/C9H10N4.C7H9N.C3H5N3/c10-7-3-1-2-4-8(7)13-6-5-12-9(13)11;1-6-4-2-3-5-7(6)8;4-3-5-1-2-6-3/h1-6H,10H2,(H2,11,12);2-5H,8H2,1H3;1-2H,(H3,4,5,6). The Hall–Kier alpha value is -3.94. The SMILES string of the molecule is Cc1ccccc1N.Nc1ccccc1-n1ccnc1N.Nc1ncc[nH]1. The topological polar surface area (TPSA) is 151 Å². The van der Waals surface area contributed by atoms with E-state index in [4.69, 9.17) is 22.9 Å². The average molecular weight is 364 g/mol. The first kappa shape index (κ1) is 19.4. The van der Waals surface area contributed by atoms with E-state index >= 15 is 0 Å². The second kappa shape index (κ2) is 9.52. The van der Waals surface area contributed by atoms with Crippen LogP contribution in [-0.4, -0.2) is 19.5 Å². The number of nitrogens with zero attached hydrogens (tertiary/aromatic N) is 3. The Kier molecular flexibility index (Phi) is 6.83. The number of H-pyrrole nitrogens is 1. The molecule has 0 bridgehead atoms. The molecule has 2 aromatic heterocycles. The van der Waals surface area contributed by atoms with Gasteiger partial charge in [-0.15, -0.1) is 0 Å². The van der Waals surface area contributed by atoms with E-state index in [1.807, 2.05) is 55.5 Å². The van der Waals surface area contributed by atoms with E-state index in [2.05, 4.69) is 15.0 Å². The number of anilines is 4. The van der Waals surface area contributed by atoms with Crippen LogP contribution in [0.1, 0.15) is 5.56 Å². The van der Waals surface area contributed by atoms with Crippen molar-refractivity contribution in [3.63, 3.8) is 0 Å². The molecule has 0 unspecified atom stereocenters. The van der Waals surface area contributed by atoms with Gasteiger partial charge in [-0.05, 0) is 30.7 Å². The van der Waals surface area contributed by atoms with E-state index in [9.17, 15) is 0 Å². The van der Waals surface area contributed by atoms with Gasteiger partial charge in [0.2, 0.25) is 5.95 Å². The molecular formula is C19H24N8. The van der Waals surface area contributed by atoms with Gasteiger partial charge in [0, 0.05) is 30.5 Å². The van der Waals surface area contributed by atoms with Gasteiger partial charge < -0.3 is 27.9 Å². The Balaban J connectivity index is 0.000000159. The zero-order valence-corrected chi connectivity index (χ0v) is 15.1.